The van der Waals surface area contributed by atoms with Gasteiger partial charge in [-0.2, -0.15) is 13.2 Å². The maximum Gasteiger partial charge on any atom is 0.420 e. The molecule has 0 radical (unpaired) electrons. The Hall–Kier alpha value is -0.710. The van der Waals surface area contributed by atoms with Gasteiger partial charge in [-0.25, -0.2) is 0 Å². The second-order valence-electron chi connectivity index (χ2n) is 2.80. The summed E-state index contributed by atoms with van der Waals surface area (Å²) in [5.74, 6) is -0.124. The van der Waals surface area contributed by atoms with E-state index >= 15 is 0 Å². The van der Waals surface area contributed by atoms with E-state index < -0.39 is 11.7 Å². The summed E-state index contributed by atoms with van der Waals surface area (Å²) >= 11 is 3.01. The number of alkyl halides is 3. The number of methoxy groups -OCH3 is 1. The van der Waals surface area contributed by atoms with Crippen molar-refractivity contribution >= 4 is 15.9 Å². The molecule has 0 amide bonds. The first-order valence-corrected chi connectivity index (χ1v) is 4.57. The van der Waals surface area contributed by atoms with Crippen molar-refractivity contribution in [2.24, 2.45) is 0 Å². The molecule has 0 aromatic heterocycles. The molecule has 78 valence electrons. The van der Waals surface area contributed by atoms with E-state index in [0.29, 0.717) is 10.0 Å². The lowest BCUT2D eigenvalue weighted by atomic mass is 10.1. The minimum atomic E-state index is -4.39. The highest BCUT2D eigenvalue weighted by molar-refractivity contribution is 9.10. The minimum Gasteiger partial charge on any atom is -0.496 e. The average Bonchev–Trinajstić information content (AvgIpc) is 2.01. The number of halogens is 4. The van der Waals surface area contributed by atoms with Crippen LogP contribution in [0.5, 0.6) is 5.75 Å². The summed E-state index contributed by atoms with van der Waals surface area (Å²) in [7, 11) is 1.23. The number of hydrogen-bond acceptors (Lipinski definition) is 1. The molecule has 0 saturated carbocycles. The van der Waals surface area contributed by atoms with E-state index in [0.717, 1.165) is 6.07 Å². The van der Waals surface area contributed by atoms with Crippen LogP contribution in [0, 0.1) is 6.92 Å². The van der Waals surface area contributed by atoms with Gasteiger partial charge >= 0.3 is 6.18 Å². The number of aryl methyl sites for hydroxylation is 1. The van der Waals surface area contributed by atoms with Gasteiger partial charge in [0.1, 0.15) is 5.75 Å². The molecule has 0 bridgehead atoms. The van der Waals surface area contributed by atoms with Gasteiger partial charge < -0.3 is 4.74 Å². The molecule has 0 fully saturated rings. The van der Waals surface area contributed by atoms with Crippen molar-refractivity contribution in [3.63, 3.8) is 0 Å². The third-order valence-electron chi connectivity index (χ3n) is 1.75. The molecule has 0 heterocycles. The monoisotopic (exact) mass is 268 g/mol. The Bertz CT molecular complexity index is 347. The zero-order valence-electron chi connectivity index (χ0n) is 7.57. The second kappa shape index (κ2) is 3.81. The lowest BCUT2D eigenvalue weighted by molar-refractivity contribution is -0.138. The number of rotatable bonds is 1. The fourth-order valence-corrected chi connectivity index (χ4v) is 1.78. The zero-order chi connectivity index (χ0) is 10.9. The summed E-state index contributed by atoms with van der Waals surface area (Å²) in [6.07, 6.45) is -4.39. The average molecular weight is 269 g/mol. The third kappa shape index (κ3) is 2.20. The highest BCUT2D eigenvalue weighted by Gasteiger charge is 2.35. The topological polar surface area (TPSA) is 9.23 Å². The molecule has 0 saturated heterocycles. The molecule has 0 unspecified atom stereocenters. The van der Waals surface area contributed by atoms with Gasteiger partial charge in [-0.15, -0.1) is 0 Å². The lowest BCUT2D eigenvalue weighted by Gasteiger charge is -2.14. The standard InChI is InChI=1S/C9H8BrF3O/c1-5-3-6(10)4-7(8(5)14-2)9(11,12)13/h3-4H,1-2H3. The van der Waals surface area contributed by atoms with E-state index in [4.69, 9.17) is 4.74 Å². The molecular weight excluding hydrogens is 261 g/mol. The van der Waals surface area contributed by atoms with Crippen LogP contribution in [-0.4, -0.2) is 7.11 Å². The van der Waals surface area contributed by atoms with E-state index in [1.54, 1.807) is 13.0 Å². The predicted molar refractivity (Wildman–Crippen MR) is 50.4 cm³/mol. The molecule has 1 nitrogen and oxygen atoms in total. The fraction of sp³-hybridized carbons (Fsp3) is 0.333. The first kappa shape index (κ1) is 11.4. The maximum absolute atomic E-state index is 12.5. The Balaban J connectivity index is 3.40. The Morgan fingerprint density at radius 1 is 1.29 bits per heavy atom. The van der Waals surface area contributed by atoms with Crippen molar-refractivity contribution in [2.45, 2.75) is 13.1 Å². The van der Waals surface area contributed by atoms with E-state index in [1.807, 2.05) is 0 Å². The highest BCUT2D eigenvalue weighted by atomic mass is 79.9. The number of hydrogen-bond donors (Lipinski definition) is 0. The summed E-state index contributed by atoms with van der Waals surface area (Å²) in [6, 6.07) is 2.58. The summed E-state index contributed by atoms with van der Waals surface area (Å²) in [5, 5.41) is 0. The highest BCUT2D eigenvalue weighted by Crippen LogP contribution is 2.39. The van der Waals surface area contributed by atoms with Gasteiger partial charge in [-0.1, -0.05) is 15.9 Å². The van der Waals surface area contributed by atoms with Crippen LogP contribution >= 0.6 is 15.9 Å². The van der Waals surface area contributed by atoms with Gasteiger partial charge in [0.25, 0.3) is 0 Å². The molecule has 14 heavy (non-hydrogen) atoms. The molecule has 1 rings (SSSR count). The van der Waals surface area contributed by atoms with Crippen LogP contribution in [0.25, 0.3) is 0 Å². The number of benzene rings is 1. The first-order valence-electron chi connectivity index (χ1n) is 3.77. The maximum atomic E-state index is 12.5. The van der Waals surface area contributed by atoms with Crippen molar-refractivity contribution in [1.82, 2.24) is 0 Å². The van der Waals surface area contributed by atoms with E-state index in [9.17, 15) is 13.2 Å². The van der Waals surface area contributed by atoms with Gasteiger partial charge in [0.05, 0.1) is 12.7 Å². The lowest BCUT2D eigenvalue weighted by Crippen LogP contribution is -2.08. The van der Waals surface area contributed by atoms with Crippen molar-refractivity contribution in [3.8, 4) is 5.75 Å². The quantitative estimate of drug-likeness (QED) is 0.753. The van der Waals surface area contributed by atoms with Crippen LogP contribution in [0.3, 0.4) is 0 Å². The minimum absolute atomic E-state index is 0.124. The summed E-state index contributed by atoms with van der Waals surface area (Å²) in [4.78, 5) is 0. The molecule has 0 aliphatic carbocycles. The van der Waals surface area contributed by atoms with Crippen LogP contribution in [0.4, 0.5) is 13.2 Å². The summed E-state index contributed by atoms with van der Waals surface area (Å²) in [5.41, 5.74) is -0.305. The molecule has 0 aliphatic heterocycles. The van der Waals surface area contributed by atoms with Crippen LogP contribution < -0.4 is 4.74 Å². The molecule has 0 spiro atoms. The Morgan fingerprint density at radius 3 is 2.29 bits per heavy atom. The third-order valence-corrected chi connectivity index (χ3v) is 2.21. The van der Waals surface area contributed by atoms with Crippen LogP contribution in [0.2, 0.25) is 0 Å². The molecule has 5 heteroatoms. The zero-order valence-corrected chi connectivity index (χ0v) is 9.16. The van der Waals surface area contributed by atoms with Gasteiger partial charge in [-0.3, -0.25) is 0 Å². The molecule has 0 aliphatic rings. The Kier molecular flexibility index (Phi) is 3.09. The van der Waals surface area contributed by atoms with Crippen molar-refractivity contribution in [3.05, 3.63) is 27.7 Å². The van der Waals surface area contributed by atoms with Gasteiger partial charge in [0, 0.05) is 4.47 Å². The molecule has 0 N–H and O–H groups in total. The van der Waals surface area contributed by atoms with E-state index in [-0.39, 0.29) is 5.75 Å². The summed E-state index contributed by atoms with van der Waals surface area (Å²) in [6.45, 7) is 1.57. The van der Waals surface area contributed by atoms with Gasteiger partial charge in [0.2, 0.25) is 0 Å². The molecule has 0 atom stereocenters. The predicted octanol–water partition coefficient (Wildman–Crippen LogP) is 3.78. The van der Waals surface area contributed by atoms with Crippen LogP contribution in [0.15, 0.2) is 16.6 Å². The molecular formula is C9H8BrF3O. The molecule has 1 aromatic rings. The Labute approximate surface area is 88.0 Å². The van der Waals surface area contributed by atoms with E-state index in [1.165, 1.54) is 7.11 Å². The SMILES string of the molecule is COc1c(C)cc(Br)cc1C(F)(F)F. The van der Waals surface area contributed by atoms with Gasteiger partial charge in [0.15, 0.2) is 0 Å². The Morgan fingerprint density at radius 2 is 1.86 bits per heavy atom. The van der Waals surface area contributed by atoms with Crippen molar-refractivity contribution < 1.29 is 17.9 Å². The number of ether oxygens (including phenoxy) is 1. The summed E-state index contributed by atoms with van der Waals surface area (Å²) < 4.78 is 42.6. The largest absolute Gasteiger partial charge is 0.496 e. The van der Waals surface area contributed by atoms with Crippen LogP contribution in [-0.2, 0) is 6.18 Å². The van der Waals surface area contributed by atoms with E-state index in [2.05, 4.69) is 15.9 Å². The fourth-order valence-electron chi connectivity index (χ4n) is 1.21. The second-order valence-corrected chi connectivity index (χ2v) is 3.72. The normalized spacial score (nSPS) is 11.6. The first-order chi connectivity index (χ1) is 6.36. The molecule has 1 aromatic carbocycles. The van der Waals surface area contributed by atoms with Crippen molar-refractivity contribution in [2.75, 3.05) is 7.11 Å². The van der Waals surface area contributed by atoms with Crippen LogP contribution in [0.1, 0.15) is 11.1 Å². The van der Waals surface area contributed by atoms with Gasteiger partial charge in [-0.05, 0) is 24.6 Å². The van der Waals surface area contributed by atoms with Crippen molar-refractivity contribution in [1.29, 1.82) is 0 Å². The smallest absolute Gasteiger partial charge is 0.420 e.